The van der Waals surface area contributed by atoms with Gasteiger partial charge in [-0.1, -0.05) is 45.4 Å². The second kappa shape index (κ2) is 13.1. The molecule has 232 valence electrons. The molecular weight excluding hydrogens is 588 g/mol. The lowest BCUT2D eigenvalue weighted by molar-refractivity contribution is -0.151. The van der Waals surface area contributed by atoms with Gasteiger partial charge in [-0.2, -0.15) is 4.31 Å². The van der Waals surface area contributed by atoms with Crippen molar-refractivity contribution < 1.29 is 33.0 Å². The molecule has 4 N–H and O–H groups in total. The van der Waals surface area contributed by atoms with Crippen LogP contribution in [0.3, 0.4) is 0 Å². The number of sulfonamides is 1. The zero-order valence-electron chi connectivity index (χ0n) is 24.6. The number of anilines is 1. The summed E-state index contributed by atoms with van der Waals surface area (Å²) in [5.41, 5.74) is 0.501. The van der Waals surface area contributed by atoms with Gasteiger partial charge in [-0.05, 0) is 32.0 Å². The number of benzene rings is 1. The topological polar surface area (TPSA) is 179 Å². The van der Waals surface area contributed by atoms with Crippen molar-refractivity contribution >= 4 is 44.8 Å². The summed E-state index contributed by atoms with van der Waals surface area (Å²) < 4.78 is 34.0. The molecule has 0 saturated carbocycles. The van der Waals surface area contributed by atoms with E-state index in [0.29, 0.717) is 16.5 Å². The van der Waals surface area contributed by atoms with Crippen molar-refractivity contribution in [1.82, 2.24) is 24.1 Å². The van der Waals surface area contributed by atoms with Gasteiger partial charge in [0.25, 0.3) is 0 Å². The molecule has 42 heavy (non-hydrogen) atoms. The highest BCUT2D eigenvalue weighted by atomic mass is 35.5. The van der Waals surface area contributed by atoms with Crippen LogP contribution in [0.25, 0.3) is 5.65 Å². The lowest BCUT2D eigenvalue weighted by atomic mass is 9.92. The molecule has 15 heteroatoms. The molecule has 1 amide bonds. The largest absolute Gasteiger partial charge is 0.464 e. The first-order chi connectivity index (χ1) is 19.5. The van der Waals surface area contributed by atoms with Crippen LogP contribution in [0.2, 0.25) is 5.02 Å². The first kappa shape index (κ1) is 33.5. The fourth-order valence-corrected chi connectivity index (χ4v) is 6.15. The number of fused-ring (bicyclic) bond motifs is 1. The second-order valence-electron chi connectivity index (χ2n) is 11.8. The second-order valence-corrected chi connectivity index (χ2v) is 14.1. The molecule has 0 radical (unpaired) electrons. The quantitative estimate of drug-likeness (QED) is 0.207. The Hall–Kier alpha value is -3.04. The fraction of sp³-hybridized carbons (Fsp3) is 0.556. The molecule has 3 rings (SSSR count). The van der Waals surface area contributed by atoms with Crippen molar-refractivity contribution in [2.45, 2.75) is 63.7 Å². The lowest BCUT2D eigenvalue weighted by Crippen LogP contribution is -2.35. The van der Waals surface area contributed by atoms with Crippen LogP contribution in [0.15, 0.2) is 29.2 Å². The molecule has 2 aromatic heterocycles. The van der Waals surface area contributed by atoms with Gasteiger partial charge in [-0.3, -0.25) is 14.7 Å². The summed E-state index contributed by atoms with van der Waals surface area (Å²) in [5, 5.41) is 33.2. The lowest BCUT2D eigenvalue weighted by Gasteiger charge is -2.23. The van der Waals surface area contributed by atoms with Crippen molar-refractivity contribution in [2.24, 2.45) is 5.92 Å². The molecule has 0 aliphatic carbocycles. The number of nitrogens with one attached hydrogen (secondary N) is 2. The van der Waals surface area contributed by atoms with E-state index in [1.165, 1.54) is 24.3 Å². The third-order valence-electron chi connectivity index (χ3n) is 6.58. The number of hydrogen-bond donors (Lipinski definition) is 4. The molecule has 2 heterocycles. The Labute approximate surface area is 250 Å². The van der Waals surface area contributed by atoms with E-state index in [1.54, 1.807) is 11.4 Å². The first-order valence-electron chi connectivity index (χ1n) is 13.4. The number of halogens is 1. The minimum Gasteiger partial charge on any atom is -0.464 e. The highest BCUT2D eigenvalue weighted by molar-refractivity contribution is 7.89. The Morgan fingerprint density at radius 2 is 1.79 bits per heavy atom. The molecule has 0 aliphatic heterocycles. The molecular formula is C27H39ClN6O7S. The van der Waals surface area contributed by atoms with Crippen LogP contribution in [-0.4, -0.2) is 87.5 Å². The molecule has 0 aliphatic rings. The number of aliphatic hydroxyl groups is 2. The van der Waals surface area contributed by atoms with Crippen molar-refractivity contribution in [3.8, 4) is 0 Å². The molecule has 3 aromatic rings. The molecule has 0 saturated heterocycles. The van der Waals surface area contributed by atoms with E-state index < -0.39 is 46.4 Å². The number of aromatic nitrogens is 4. The van der Waals surface area contributed by atoms with Crippen LogP contribution >= 0.6 is 11.6 Å². The van der Waals surface area contributed by atoms with Gasteiger partial charge in [0.2, 0.25) is 15.9 Å². The SMILES string of the molecule is CC(CC(=O)Nc1cccc(S(=O)(=O)N(CCO)CCO)c1)C(=O)OCC(C)(C)c1nnc2c(Cl)c(C(C)(C)C)[nH]n12. The summed E-state index contributed by atoms with van der Waals surface area (Å²) in [4.78, 5) is 25.4. The maximum atomic E-state index is 12.9. The molecule has 0 bridgehead atoms. The van der Waals surface area contributed by atoms with E-state index in [0.717, 1.165) is 10.00 Å². The number of aromatic amines is 1. The van der Waals surface area contributed by atoms with Gasteiger partial charge in [0, 0.05) is 30.6 Å². The van der Waals surface area contributed by atoms with Crippen LogP contribution in [0.1, 0.15) is 59.5 Å². The number of ether oxygens (including phenoxy) is 1. The van der Waals surface area contributed by atoms with E-state index in [-0.39, 0.29) is 42.1 Å². The highest BCUT2D eigenvalue weighted by Crippen LogP contribution is 2.33. The van der Waals surface area contributed by atoms with Gasteiger partial charge in [-0.15, -0.1) is 10.2 Å². The Kier molecular flexibility index (Phi) is 10.4. The number of hydrogen-bond acceptors (Lipinski definition) is 9. The summed E-state index contributed by atoms with van der Waals surface area (Å²) in [7, 11) is -4.02. The van der Waals surface area contributed by atoms with Crippen LogP contribution in [0.4, 0.5) is 5.69 Å². The first-order valence-corrected chi connectivity index (χ1v) is 15.3. The smallest absolute Gasteiger partial charge is 0.309 e. The van der Waals surface area contributed by atoms with Crippen LogP contribution in [-0.2, 0) is 35.2 Å². The number of aliphatic hydroxyl groups excluding tert-OH is 2. The van der Waals surface area contributed by atoms with Crippen LogP contribution in [0.5, 0.6) is 0 Å². The third-order valence-corrected chi connectivity index (χ3v) is 8.83. The van der Waals surface area contributed by atoms with Gasteiger partial charge in [-0.25, -0.2) is 12.9 Å². The van der Waals surface area contributed by atoms with Crippen LogP contribution in [0, 0.1) is 5.92 Å². The minimum atomic E-state index is -4.02. The van der Waals surface area contributed by atoms with Crippen LogP contribution < -0.4 is 5.32 Å². The highest BCUT2D eigenvalue weighted by Gasteiger charge is 2.33. The van der Waals surface area contributed by atoms with Gasteiger partial charge in [0.05, 0.1) is 35.1 Å². The third kappa shape index (κ3) is 7.48. The number of nitrogens with zero attached hydrogens (tertiary/aromatic N) is 4. The number of H-pyrrole nitrogens is 1. The maximum Gasteiger partial charge on any atom is 0.309 e. The molecule has 1 atom stereocenters. The van der Waals surface area contributed by atoms with Gasteiger partial charge < -0.3 is 20.3 Å². The number of amides is 1. The van der Waals surface area contributed by atoms with E-state index >= 15 is 0 Å². The van der Waals surface area contributed by atoms with Crippen molar-refractivity contribution in [3.05, 3.63) is 40.8 Å². The van der Waals surface area contributed by atoms with E-state index in [9.17, 15) is 28.2 Å². The fourth-order valence-electron chi connectivity index (χ4n) is 4.23. The predicted octanol–water partition coefficient (Wildman–Crippen LogP) is 2.47. The average molecular weight is 627 g/mol. The standard InChI is InChI=1S/C27H39ClN6O7S/c1-17(14-20(37)29-18-8-7-9-19(15-18)42(39,40)33(10-12-35)11-13-36)24(38)41-16-27(5,6)25-31-30-23-21(28)22(26(2,3)4)32-34(23)25/h7-9,15,17,32,35-36H,10-14,16H2,1-6H3,(H,29,37). The Bertz CT molecular complexity index is 1520. The average Bonchev–Trinajstić information content (AvgIpc) is 3.47. The maximum absolute atomic E-state index is 12.9. The van der Waals surface area contributed by atoms with Crippen molar-refractivity contribution in [3.63, 3.8) is 0 Å². The van der Waals surface area contributed by atoms with E-state index in [1.807, 2.05) is 34.6 Å². The summed E-state index contributed by atoms with van der Waals surface area (Å²) in [6.45, 7) is 10.1. The summed E-state index contributed by atoms with van der Waals surface area (Å²) in [5.74, 6) is -1.35. The zero-order chi connectivity index (χ0) is 31.5. The molecule has 1 unspecified atom stereocenters. The summed E-state index contributed by atoms with van der Waals surface area (Å²) in [6.07, 6.45) is -0.201. The Morgan fingerprint density at radius 3 is 2.38 bits per heavy atom. The van der Waals surface area contributed by atoms with E-state index in [4.69, 9.17) is 16.3 Å². The van der Waals surface area contributed by atoms with E-state index in [2.05, 4.69) is 20.6 Å². The Morgan fingerprint density at radius 1 is 1.14 bits per heavy atom. The number of carbonyl (C=O) groups is 2. The predicted molar refractivity (Wildman–Crippen MR) is 157 cm³/mol. The number of carbonyl (C=O) groups excluding carboxylic acids is 2. The molecule has 1 aromatic carbocycles. The molecule has 0 spiro atoms. The van der Waals surface area contributed by atoms with Crippen molar-refractivity contribution in [1.29, 1.82) is 0 Å². The monoisotopic (exact) mass is 626 g/mol. The minimum absolute atomic E-state index is 0.0296. The van der Waals surface area contributed by atoms with Gasteiger partial charge in [0.15, 0.2) is 11.5 Å². The zero-order valence-corrected chi connectivity index (χ0v) is 26.2. The summed E-state index contributed by atoms with van der Waals surface area (Å²) in [6, 6.07) is 5.60. The Balaban J connectivity index is 1.63. The molecule has 0 fully saturated rings. The van der Waals surface area contributed by atoms with Gasteiger partial charge >= 0.3 is 5.97 Å². The molecule has 13 nitrogen and oxygen atoms in total. The van der Waals surface area contributed by atoms with Crippen molar-refractivity contribution in [2.75, 3.05) is 38.2 Å². The summed E-state index contributed by atoms with van der Waals surface area (Å²) >= 11 is 6.52. The normalized spacial score (nSPS) is 13.5. The van der Waals surface area contributed by atoms with Gasteiger partial charge in [0.1, 0.15) is 11.6 Å². The number of rotatable bonds is 13. The number of esters is 1.